The van der Waals surface area contributed by atoms with Crippen molar-refractivity contribution in [1.82, 2.24) is 4.98 Å². The second-order valence-corrected chi connectivity index (χ2v) is 9.19. The maximum absolute atomic E-state index is 12.8. The Labute approximate surface area is 197 Å². The minimum Gasteiger partial charge on any atom is -0.366 e. The van der Waals surface area contributed by atoms with Crippen LogP contribution in [0, 0.1) is 12.8 Å². The predicted octanol–water partition coefficient (Wildman–Crippen LogP) is 8.33. The first kappa shape index (κ1) is 22.5. The van der Waals surface area contributed by atoms with Gasteiger partial charge in [0.15, 0.2) is 0 Å². The molecule has 0 aliphatic heterocycles. The lowest BCUT2D eigenvalue weighted by Gasteiger charge is -2.18. The van der Waals surface area contributed by atoms with E-state index in [0.29, 0.717) is 12.4 Å². The number of aromatic nitrogens is 1. The quantitative estimate of drug-likeness (QED) is 0.414. The molecule has 2 aliphatic carbocycles. The van der Waals surface area contributed by atoms with Crippen LogP contribution in [0.3, 0.4) is 0 Å². The van der Waals surface area contributed by atoms with Gasteiger partial charge in [0.25, 0.3) is 0 Å². The van der Waals surface area contributed by atoms with Gasteiger partial charge in [0, 0.05) is 11.9 Å². The first-order valence-corrected chi connectivity index (χ1v) is 11.7. The second-order valence-electron chi connectivity index (χ2n) is 9.19. The molecule has 0 saturated heterocycles. The van der Waals surface area contributed by atoms with Crippen LogP contribution in [0.2, 0.25) is 0 Å². The van der Waals surface area contributed by atoms with E-state index < -0.39 is 11.7 Å². The Morgan fingerprint density at radius 1 is 1.15 bits per heavy atom. The van der Waals surface area contributed by atoms with Crippen molar-refractivity contribution in [3.05, 3.63) is 94.6 Å². The zero-order chi connectivity index (χ0) is 23.9. The van der Waals surface area contributed by atoms with Crippen LogP contribution in [-0.2, 0) is 12.7 Å². The zero-order valence-electron chi connectivity index (χ0n) is 19.2. The van der Waals surface area contributed by atoms with Crippen LogP contribution < -0.4 is 5.32 Å². The van der Waals surface area contributed by atoms with Gasteiger partial charge in [0.05, 0.1) is 11.1 Å². The second kappa shape index (κ2) is 8.79. The van der Waals surface area contributed by atoms with Gasteiger partial charge in [-0.25, -0.2) is 4.98 Å². The van der Waals surface area contributed by atoms with Crippen molar-refractivity contribution < 1.29 is 13.2 Å². The van der Waals surface area contributed by atoms with Crippen LogP contribution in [-0.4, -0.2) is 4.98 Å². The summed E-state index contributed by atoms with van der Waals surface area (Å²) in [5.74, 6) is 1.44. The van der Waals surface area contributed by atoms with Crippen LogP contribution >= 0.6 is 0 Å². The van der Waals surface area contributed by atoms with E-state index in [1.807, 2.05) is 19.1 Å². The van der Waals surface area contributed by atoms with Gasteiger partial charge >= 0.3 is 6.18 Å². The molecule has 0 amide bonds. The minimum absolute atomic E-state index is 0.383. The average Bonchev–Trinajstić information content (AvgIpc) is 3.30. The molecule has 2 aromatic carbocycles. The first-order valence-electron chi connectivity index (χ1n) is 11.7. The number of benzene rings is 2. The summed E-state index contributed by atoms with van der Waals surface area (Å²) in [5.41, 5.74) is 7.02. The summed E-state index contributed by atoms with van der Waals surface area (Å²) >= 11 is 0. The third kappa shape index (κ3) is 4.27. The van der Waals surface area contributed by atoms with Gasteiger partial charge in [0.2, 0.25) is 0 Å². The van der Waals surface area contributed by atoms with E-state index in [4.69, 9.17) is 4.98 Å². The highest BCUT2D eigenvalue weighted by Gasteiger charge is 2.30. The van der Waals surface area contributed by atoms with E-state index in [2.05, 4.69) is 36.2 Å². The number of halogens is 3. The van der Waals surface area contributed by atoms with Crippen LogP contribution in [0.15, 0.2) is 66.8 Å². The van der Waals surface area contributed by atoms with Gasteiger partial charge < -0.3 is 5.32 Å². The van der Waals surface area contributed by atoms with Crippen LogP contribution in [0.5, 0.6) is 0 Å². The summed E-state index contributed by atoms with van der Waals surface area (Å²) in [6, 6.07) is 11.6. The number of alkyl halides is 3. The zero-order valence-corrected chi connectivity index (χ0v) is 19.2. The number of nitrogens with one attached hydrogen (secondary N) is 1. The maximum Gasteiger partial charge on any atom is 0.416 e. The fourth-order valence-corrected chi connectivity index (χ4v) is 5.13. The monoisotopic (exact) mass is 460 g/mol. The summed E-state index contributed by atoms with van der Waals surface area (Å²) < 4.78 is 38.5. The molecule has 0 bridgehead atoms. The molecule has 1 aromatic heterocycles. The van der Waals surface area contributed by atoms with Crippen molar-refractivity contribution >= 4 is 28.4 Å². The Bertz CT molecular complexity index is 1310. The summed E-state index contributed by atoms with van der Waals surface area (Å²) in [7, 11) is 0. The maximum atomic E-state index is 12.8. The molecule has 2 aliphatic rings. The lowest BCUT2D eigenvalue weighted by molar-refractivity contribution is -0.137. The van der Waals surface area contributed by atoms with E-state index in [0.717, 1.165) is 52.1 Å². The largest absolute Gasteiger partial charge is 0.416 e. The molecule has 0 spiro atoms. The normalized spacial score (nSPS) is 17.8. The molecular weight excluding hydrogens is 433 g/mol. The van der Waals surface area contributed by atoms with E-state index in [-0.39, 0.29) is 0 Å². The third-order valence-corrected chi connectivity index (χ3v) is 7.06. The van der Waals surface area contributed by atoms with E-state index >= 15 is 0 Å². The third-order valence-electron chi connectivity index (χ3n) is 7.06. The standard InChI is InChI=1S/C29H27F3N2/c1-3-25-18(2)28(33-17-19-7-12-24(13-8-19)29(30,31)32)34-27-14-11-23(16-26(25)27)22-10-9-20-5-4-6-21(20)15-22/h3,7-8,10-16,20H,1,4-6,9,17H2,2H3,(H,33,34). The van der Waals surface area contributed by atoms with Gasteiger partial charge in [0.1, 0.15) is 5.82 Å². The highest BCUT2D eigenvalue weighted by molar-refractivity contribution is 5.94. The highest BCUT2D eigenvalue weighted by Crippen LogP contribution is 2.40. The summed E-state index contributed by atoms with van der Waals surface area (Å²) in [6.07, 6.45) is 7.18. The van der Waals surface area contributed by atoms with Gasteiger partial charge in [-0.3, -0.25) is 0 Å². The number of pyridine rings is 1. The van der Waals surface area contributed by atoms with Crippen LogP contribution in [0.25, 0.3) is 22.6 Å². The molecule has 3 aromatic rings. The molecule has 1 atom stereocenters. The van der Waals surface area contributed by atoms with Crippen molar-refractivity contribution in [3.63, 3.8) is 0 Å². The molecule has 1 fully saturated rings. The van der Waals surface area contributed by atoms with Crippen molar-refractivity contribution in [3.8, 4) is 0 Å². The molecule has 1 saturated carbocycles. The lowest BCUT2D eigenvalue weighted by Crippen LogP contribution is -2.07. The molecule has 1 unspecified atom stereocenters. The lowest BCUT2D eigenvalue weighted by atomic mass is 9.87. The first-order chi connectivity index (χ1) is 16.3. The highest BCUT2D eigenvalue weighted by atomic mass is 19.4. The fraction of sp³-hybridized carbons (Fsp3) is 0.276. The van der Waals surface area contributed by atoms with Crippen LogP contribution in [0.1, 0.15) is 53.5 Å². The number of hydrogen-bond acceptors (Lipinski definition) is 2. The molecule has 5 heteroatoms. The van der Waals surface area contributed by atoms with Gasteiger partial charge in [-0.05, 0) is 90.6 Å². The Balaban J connectivity index is 1.42. The van der Waals surface area contributed by atoms with Gasteiger partial charge in [-0.15, -0.1) is 0 Å². The van der Waals surface area contributed by atoms with Crippen molar-refractivity contribution in [2.75, 3.05) is 5.32 Å². The topological polar surface area (TPSA) is 24.9 Å². The molecule has 5 rings (SSSR count). The number of hydrogen-bond donors (Lipinski definition) is 1. The summed E-state index contributed by atoms with van der Waals surface area (Å²) in [6.45, 7) is 6.41. The predicted molar refractivity (Wildman–Crippen MR) is 133 cm³/mol. The molecule has 1 heterocycles. The Morgan fingerprint density at radius 3 is 2.68 bits per heavy atom. The Kier molecular flexibility index (Phi) is 5.80. The average molecular weight is 461 g/mol. The van der Waals surface area contributed by atoms with Crippen molar-refractivity contribution in [2.24, 2.45) is 5.92 Å². The number of nitrogens with zero attached hydrogens (tertiary/aromatic N) is 1. The van der Waals surface area contributed by atoms with E-state index in [1.54, 1.807) is 5.57 Å². The smallest absolute Gasteiger partial charge is 0.366 e. The van der Waals surface area contributed by atoms with Crippen LogP contribution in [0.4, 0.5) is 19.0 Å². The number of allylic oxidation sites excluding steroid dienone is 4. The molecule has 174 valence electrons. The van der Waals surface area contributed by atoms with Crippen molar-refractivity contribution in [2.45, 2.75) is 45.3 Å². The minimum atomic E-state index is -4.33. The van der Waals surface area contributed by atoms with E-state index in [1.165, 1.54) is 42.5 Å². The van der Waals surface area contributed by atoms with Crippen molar-refractivity contribution in [1.29, 1.82) is 0 Å². The molecular formula is C29H27F3N2. The SMILES string of the molecule is C=Cc1c(C)c(NCc2ccc(C(F)(F)F)cc2)nc2ccc(C3=CCC4CCCC4=C3)cc12. The van der Waals surface area contributed by atoms with E-state index in [9.17, 15) is 13.2 Å². The number of anilines is 1. The Hall–Kier alpha value is -3.34. The molecule has 0 radical (unpaired) electrons. The summed E-state index contributed by atoms with van der Waals surface area (Å²) in [4.78, 5) is 4.82. The molecule has 2 nitrogen and oxygen atoms in total. The Morgan fingerprint density at radius 2 is 1.94 bits per heavy atom. The molecule has 34 heavy (non-hydrogen) atoms. The molecule has 1 N–H and O–H groups in total. The number of fused-ring (bicyclic) bond motifs is 2. The number of rotatable bonds is 5. The van der Waals surface area contributed by atoms with Gasteiger partial charge in [-0.2, -0.15) is 13.2 Å². The summed E-state index contributed by atoms with van der Waals surface area (Å²) in [5, 5.41) is 4.35. The fourth-order valence-electron chi connectivity index (χ4n) is 5.13. The van der Waals surface area contributed by atoms with Gasteiger partial charge in [-0.1, -0.05) is 48.6 Å².